The average molecular weight is 214 g/mol. The molecule has 0 aliphatic heterocycles. The molecule has 0 bridgehead atoms. The normalized spacial score (nSPS) is 9.14. The molecular weight excluding hydrogens is 198 g/mol. The van der Waals surface area contributed by atoms with Gasteiger partial charge < -0.3 is 16.8 Å². The molecule has 1 aromatic carbocycles. The standard InChI is InChI=1S/C10H15N3.ClH/c1-2-5-13-7-8-6-9(11)3-4-10(8)12;/h2-4,6,13H,1,5,7,11-12H2;1H. The van der Waals surface area contributed by atoms with Crippen LogP contribution in [0.4, 0.5) is 11.4 Å². The molecule has 0 fully saturated rings. The summed E-state index contributed by atoms with van der Waals surface area (Å²) in [5, 5.41) is 3.17. The van der Waals surface area contributed by atoms with Gasteiger partial charge in [0, 0.05) is 24.5 Å². The van der Waals surface area contributed by atoms with Crippen molar-refractivity contribution in [2.75, 3.05) is 18.0 Å². The number of nitrogens with one attached hydrogen (secondary N) is 1. The molecule has 0 saturated heterocycles. The summed E-state index contributed by atoms with van der Waals surface area (Å²) in [6, 6.07) is 5.50. The third-order valence-electron chi connectivity index (χ3n) is 1.77. The lowest BCUT2D eigenvalue weighted by atomic mass is 10.1. The Morgan fingerprint density at radius 1 is 1.36 bits per heavy atom. The van der Waals surface area contributed by atoms with E-state index < -0.39 is 0 Å². The molecular formula is C10H16ClN3. The SMILES string of the molecule is C=CCNCc1cc(N)ccc1N.Cl. The first-order chi connectivity index (χ1) is 6.24. The van der Waals surface area contributed by atoms with Crippen LogP contribution in [0, 0.1) is 0 Å². The molecule has 5 N–H and O–H groups in total. The Hall–Kier alpha value is -1.19. The molecule has 0 spiro atoms. The van der Waals surface area contributed by atoms with Gasteiger partial charge in [0.15, 0.2) is 0 Å². The van der Waals surface area contributed by atoms with Crippen LogP contribution in [0.2, 0.25) is 0 Å². The van der Waals surface area contributed by atoms with Gasteiger partial charge in [0.2, 0.25) is 0 Å². The highest BCUT2D eigenvalue weighted by molar-refractivity contribution is 5.85. The molecule has 0 aliphatic carbocycles. The third-order valence-corrected chi connectivity index (χ3v) is 1.77. The van der Waals surface area contributed by atoms with Crippen LogP contribution in [0.1, 0.15) is 5.56 Å². The molecule has 0 radical (unpaired) electrons. The van der Waals surface area contributed by atoms with E-state index in [1.807, 2.05) is 18.2 Å². The summed E-state index contributed by atoms with van der Waals surface area (Å²) in [6.07, 6.45) is 1.81. The van der Waals surface area contributed by atoms with Crippen molar-refractivity contribution >= 4 is 23.8 Å². The molecule has 0 heterocycles. The Kier molecular flexibility index (Phi) is 5.76. The topological polar surface area (TPSA) is 64.1 Å². The minimum absolute atomic E-state index is 0. The number of rotatable bonds is 4. The number of hydrogen-bond acceptors (Lipinski definition) is 3. The van der Waals surface area contributed by atoms with Gasteiger partial charge in [-0.25, -0.2) is 0 Å². The fraction of sp³-hybridized carbons (Fsp3) is 0.200. The maximum Gasteiger partial charge on any atom is 0.0361 e. The van der Waals surface area contributed by atoms with Gasteiger partial charge in [-0.05, 0) is 23.8 Å². The highest BCUT2D eigenvalue weighted by Crippen LogP contribution is 2.14. The van der Waals surface area contributed by atoms with Crippen molar-refractivity contribution in [2.45, 2.75) is 6.54 Å². The van der Waals surface area contributed by atoms with E-state index in [4.69, 9.17) is 11.5 Å². The van der Waals surface area contributed by atoms with Gasteiger partial charge >= 0.3 is 0 Å². The minimum atomic E-state index is 0. The Morgan fingerprint density at radius 3 is 2.71 bits per heavy atom. The molecule has 1 rings (SSSR count). The van der Waals surface area contributed by atoms with Crippen LogP contribution in [0.25, 0.3) is 0 Å². The van der Waals surface area contributed by atoms with E-state index in [1.165, 1.54) is 0 Å². The quantitative estimate of drug-likeness (QED) is 0.404. The maximum atomic E-state index is 5.75. The van der Waals surface area contributed by atoms with Crippen molar-refractivity contribution in [1.82, 2.24) is 5.32 Å². The van der Waals surface area contributed by atoms with Gasteiger partial charge in [-0.3, -0.25) is 0 Å². The van der Waals surface area contributed by atoms with E-state index in [-0.39, 0.29) is 12.4 Å². The second kappa shape index (κ2) is 6.29. The molecule has 1 aromatic rings. The van der Waals surface area contributed by atoms with Crippen LogP contribution in [0.3, 0.4) is 0 Å². The molecule has 3 nitrogen and oxygen atoms in total. The van der Waals surface area contributed by atoms with E-state index in [2.05, 4.69) is 11.9 Å². The smallest absolute Gasteiger partial charge is 0.0361 e. The van der Waals surface area contributed by atoms with Gasteiger partial charge in [0.25, 0.3) is 0 Å². The van der Waals surface area contributed by atoms with Crippen LogP contribution in [0.5, 0.6) is 0 Å². The number of halogens is 1. The summed E-state index contributed by atoms with van der Waals surface area (Å²) in [5.41, 5.74) is 13.9. The number of hydrogen-bond donors (Lipinski definition) is 3. The van der Waals surface area contributed by atoms with Gasteiger partial charge in [-0.15, -0.1) is 19.0 Å². The van der Waals surface area contributed by atoms with Crippen LogP contribution in [-0.2, 0) is 6.54 Å². The Labute approximate surface area is 90.6 Å². The molecule has 0 atom stereocenters. The summed E-state index contributed by atoms with van der Waals surface area (Å²) in [7, 11) is 0. The second-order valence-corrected chi connectivity index (χ2v) is 2.88. The lowest BCUT2D eigenvalue weighted by Gasteiger charge is -2.06. The Bertz CT molecular complexity index is 299. The molecule has 0 aliphatic rings. The third kappa shape index (κ3) is 3.68. The predicted molar refractivity (Wildman–Crippen MR) is 64.4 cm³/mol. The van der Waals surface area contributed by atoms with Crippen molar-refractivity contribution in [3.8, 4) is 0 Å². The van der Waals surface area contributed by atoms with Crippen LogP contribution < -0.4 is 16.8 Å². The molecule has 0 aromatic heterocycles. The Balaban J connectivity index is 0.00000169. The molecule has 0 unspecified atom stereocenters. The maximum absolute atomic E-state index is 5.75. The fourth-order valence-corrected chi connectivity index (χ4v) is 1.09. The highest BCUT2D eigenvalue weighted by atomic mass is 35.5. The zero-order chi connectivity index (χ0) is 9.68. The number of anilines is 2. The average Bonchev–Trinajstić information content (AvgIpc) is 2.11. The van der Waals surface area contributed by atoms with E-state index >= 15 is 0 Å². The monoisotopic (exact) mass is 213 g/mol. The largest absolute Gasteiger partial charge is 0.399 e. The van der Waals surface area contributed by atoms with Crippen molar-refractivity contribution in [3.63, 3.8) is 0 Å². The summed E-state index contributed by atoms with van der Waals surface area (Å²) < 4.78 is 0. The highest BCUT2D eigenvalue weighted by Gasteiger charge is 1.97. The van der Waals surface area contributed by atoms with E-state index in [0.29, 0.717) is 0 Å². The van der Waals surface area contributed by atoms with Gasteiger partial charge in [-0.1, -0.05) is 6.08 Å². The van der Waals surface area contributed by atoms with Crippen LogP contribution >= 0.6 is 12.4 Å². The van der Waals surface area contributed by atoms with E-state index in [1.54, 1.807) is 6.07 Å². The molecule has 0 saturated carbocycles. The first kappa shape index (κ1) is 12.8. The van der Waals surface area contributed by atoms with Crippen molar-refractivity contribution < 1.29 is 0 Å². The predicted octanol–water partition coefficient (Wildman–Crippen LogP) is 1.55. The van der Waals surface area contributed by atoms with Gasteiger partial charge in [0.1, 0.15) is 0 Å². The van der Waals surface area contributed by atoms with Crippen molar-refractivity contribution in [1.29, 1.82) is 0 Å². The number of nitrogen functional groups attached to an aromatic ring is 2. The Morgan fingerprint density at radius 2 is 2.07 bits per heavy atom. The lowest BCUT2D eigenvalue weighted by molar-refractivity contribution is 0.762. The van der Waals surface area contributed by atoms with Crippen molar-refractivity contribution in [3.05, 3.63) is 36.4 Å². The van der Waals surface area contributed by atoms with Crippen LogP contribution in [0.15, 0.2) is 30.9 Å². The van der Waals surface area contributed by atoms with Crippen LogP contribution in [-0.4, -0.2) is 6.54 Å². The van der Waals surface area contributed by atoms with E-state index in [0.717, 1.165) is 30.0 Å². The molecule has 78 valence electrons. The van der Waals surface area contributed by atoms with Gasteiger partial charge in [0.05, 0.1) is 0 Å². The summed E-state index contributed by atoms with van der Waals surface area (Å²) in [5.74, 6) is 0. The summed E-state index contributed by atoms with van der Waals surface area (Å²) in [6.45, 7) is 5.11. The molecule has 0 amide bonds. The summed E-state index contributed by atoms with van der Waals surface area (Å²) in [4.78, 5) is 0. The number of benzene rings is 1. The minimum Gasteiger partial charge on any atom is -0.399 e. The fourth-order valence-electron chi connectivity index (χ4n) is 1.09. The molecule has 4 heteroatoms. The zero-order valence-corrected chi connectivity index (χ0v) is 8.81. The summed E-state index contributed by atoms with van der Waals surface area (Å²) >= 11 is 0. The molecule has 14 heavy (non-hydrogen) atoms. The first-order valence-electron chi connectivity index (χ1n) is 4.19. The lowest BCUT2D eigenvalue weighted by Crippen LogP contribution is -2.14. The number of nitrogens with two attached hydrogens (primary N) is 2. The van der Waals surface area contributed by atoms with E-state index in [9.17, 15) is 0 Å². The first-order valence-corrected chi connectivity index (χ1v) is 4.19. The van der Waals surface area contributed by atoms with Gasteiger partial charge in [-0.2, -0.15) is 0 Å². The zero-order valence-electron chi connectivity index (χ0n) is 7.99. The van der Waals surface area contributed by atoms with Crippen molar-refractivity contribution in [2.24, 2.45) is 0 Å². The second-order valence-electron chi connectivity index (χ2n) is 2.88.